The van der Waals surface area contributed by atoms with Crippen LogP contribution in [-0.2, 0) is 18.3 Å². The average Bonchev–Trinajstić information content (AvgIpc) is 3.30. The van der Waals surface area contributed by atoms with Gasteiger partial charge >= 0.3 is 0 Å². The van der Waals surface area contributed by atoms with E-state index in [1.807, 2.05) is 23.9 Å². The van der Waals surface area contributed by atoms with Crippen molar-refractivity contribution in [1.29, 1.82) is 0 Å². The van der Waals surface area contributed by atoms with Crippen LogP contribution >= 0.6 is 11.6 Å². The van der Waals surface area contributed by atoms with E-state index in [1.54, 1.807) is 18.2 Å². The summed E-state index contributed by atoms with van der Waals surface area (Å²) >= 11 is 6.43. The predicted octanol–water partition coefficient (Wildman–Crippen LogP) is 4.79. The lowest BCUT2D eigenvalue weighted by Crippen LogP contribution is -2.04. The maximum Gasteiger partial charge on any atom is 0.229 e. The van der Waals surface area contributed by atoms with E-state index in [1.165, 1.54) is 18.5 Å². The number of ether oxygens (including phenoxy) is 1. The lowest BCUT2D eigenvalue weighted by molar-refractivity contribution is -0.115. The number of anilines is 3. The molecule has 0 spiro atoms. The van der Waals surface area contributed by atoms with Gasteiger partial charge in [-0.1, -0.05) is 11.6 Å². The molecule has 0 unspecified atom stereocenters. The zero-order valence-electron chi connectivity index (χ0n) is 15.7. The van der Waals surface area contributed by atoms with E-state index in [2.05, 4.69) is 20.6 Å². The Balaban J connectivity index is 1.43. The number of nitrogens with zero attached hydrogens (tertiary/aromatic N) is 3. The van der Waals surface area contributed by atoms with Crippen molar-refractivity contribution in [1.82, 2.24) is 14.5 Å². The summed E-state index contributed by atoms with van der Waals surface area (Å²) < 4.78 is 21.7. The summed E-state index contributed by atoms with van der Waals surface area (Å²) in [5.74, 6) is 0.655. The molecule has 0 bridgehead atoms. The van der Waals surface area contributed by atoms with Gasteiger partial charge in [-0.25, -0.2) is 14.4 Å². The topological polar surface area (TPSA) is 81.1 Å². The van der Waals surface area contributed by atoms with Crippen molar-refractivity contribution >= 4 is 45.7 Å². The minimum atomic E-state index is -0.495. The Kier molecular flexibility index (Phi) is 4.29. The third-order valence-electron chi connectivity index (χ3n) is 4.89. The van der Waals surface area contributed by atoms with Crippen LogP contribution in [0.3, 0.4) is 0 Å². The van der Waals surface area contributed by atoms with Gasteiger partial charge < -0.3 is 19.9 Å². The van der Waals surface area contributed by atoms with Crippen molar-refractivity contribution in [3.8, 4) is 11.5 Å². The van der Waals surface area contributed by atoms with Crippen LogP contribution in [0.5, 0.6) is 11.5 Å². The molecule has 1 aliphatic rings. The van der Waals surface area contributed by atoms with Crippen LogP contribution in [0.2, 0.25) is 5.02 Å². The molecule has 150 valence electrons. The van der Waals surface area contributed by atoms with Crippen molar-refractivity contribution in [3.05, 3.63) is 65.3 Å². The minimum Gasteiger partial charge on any atom is -0.455 e. The SMILES string of the molecule is Cn1ccc2ncnc(Nc3ccc(Oc4ccc(F)c5c4CC(=O)N5)c(Cl)c3)c21. The van der Waals surface area contributed by atoms with Crippen LogP contribution in [-0.4, -0.2) is 20.4 Å². The summed E-state index contributed by atoms with van der Waals surface area (Å²) in [7, 11) is 1.92. The van der Waals surface area contributed by atoms with Crippen molar-refractivity contribution in [3.63, 3.8) is 0 Å². The molecule has 2 aromatic heterocycles. The van der Waals surface area contributed by atoms with Gasteiger partial charge in [0, 0.05) is 24.5 Å². The second kappa shape index (κ2) is 7.00. The van der Waals surface area contributed by atoms with Crippen LogP contribution in [0, 0.1) is 5.82 Å². The molecule has 0 fully saturated rings. The first kappa shape index (κ1) is 18.4. The van der Waals surface area contributed by atoms with Gasteiger partial charge in [0.1, 0.15) is 29.2 Å². The average molecular weight is 424 g/mol. The molecule has 9 heteroatoms. The van der Waals surface area contributed by atoms with Gasteiger partial charge in [-0.2, -0.15) is 0 Å². The Morgan fingerprint density at radius 1 is 1.20 bits per heavy atom. The molecule has 0 radical (unpaired) electrons. The number of amides is 1. The molecule has 7 nitrogen and oxygen atoms in total. The van der Waals surface area contributed by atoms with E-state index in [9.17, 15) is 9.18 Å². The molecule has 0 saturated carbocycles. The van der Waals surface area contributed by atoms with Gasteiger partial charge in [-0.05, 0) is 36.4 Å². The Labute approximate surface area is 175 Å². The molecule has 1 amide bonds. The smallest absolute Gasteiger partial charge is 0.229 e. The number of halogens is 2. The highest BCUT2D eigenvalue weighted by Crippen LogP contribution is 2.39. The summed E-state index contributed by atoms with van der Waals surface area (Å²) in [5.41, 5.74) is 3.05. The van der Waals surface area contributed by atoms with Crippen molar-refractivity contribution < 1.29 is 13.9 Å². The first-order valence-electron chi connectivity index (χ1n) is 9.11. The molecule has 1 aliphatic heterocycles. The zero-order valence-corrected chi connectivity index (χ0v) is 16.5. The molecule has 5 rings (SSSR count). The van der Waals surface area contributed by atoms with Crippen molar-refractivity contribution in [2.75, 3.05) is 10.6 Å². The standard InChI is InChI=1S/C21H15ClFN5O2/c1-28-7-6-15-20(28)21(25-10-24-15)26-11-2-4-17(13(22)8-11)30-16-5-3-14(23)19-12(16)9-18(29)27-19/h2-8,10H,9H2,1H3,(H,27,29)(H,24,25,26). The maximum absolute atomic E-state index is 13.9. The van der Waals surface area contributed by atoms with Crippen LogP contribution in [0.1, 0.15) is 5.56 Å². The Morgan fingerprint density at radius 2 is 2.03 bits per heavy atom. The quantitative estimate of drug-likeness (QED) is 0.493. The summed E-state index contributed by atoms with van der Waals surface area (Å²) in [5, 5.41) is 6.11. The summed E-state index contributed by atoms with van der Waals surface area (Å²) in [6, 6.07) is 9.86. The normalized spacial score (nSPS) is 12.7. The van der Waals surface area contributed by atoms with Crippen molar-refractivity contribution in [2.24, 2.45) is 7.05 Å². The van der Waals surface area contributed by atoms with Gasteiger partial charge in [0.25, 0.3) is 0 Å². The highest BCUT2D eigenvalue weighted by molar-refractivity contribution is 6.32. The van der Waals surface area contributed by atoms with Crippen molar-refractivity contribution in [2.45, 2.75) is 6.42 Å². The second-order valence-electron chi connectivity index (χ2n) is 6.88. The molecule has 0 atom stereocenters. The number of carbonyl (C=O) groups excluding carboxylic acids is 1. The molecular weight excluding hydrogens is 409 g/mol. The highest BCUT2D eigenvalue weighted by Gasteiger charge is 2.25. The molecule has 3 heterocycles. The van der Waals surface area contributed by atoms with Gasteiger partial charge in [0.05, 0.1) is 22.6 Å². The second-order valence-corrected chi connectivity index (χ2v) is 7.29. The summed E-state index contributed by atoms with van der Waals surface area (Å²) in [4.78, 5) is 20.2. The molecule has 2 aromatic carbocycles. The zero-order chi connectivity index (χ0) is 20.8. The lowest BCUT2D eigenvalue weighted by atomic mass is 10.1. The number of benzene rings is 2. The van der Waals surface area contributed by atoms with Gasteiger partial charge in [0.2, 0.25) is 5.91 Å². The minimum absolute atomic E-state index is 0.0556. The molecule has 0 aliphatic carbocycles. The first-order chi connectivity index (χ1) is 14.5. The molecule has 30 heavy (non-hydrogen) atoms. The van der Waals surface area contributed by atoms with Crippen LogP contribution < -0.4 is 15.4 Å². The molecular formula is C21H15ClFN5O2. The summed E-state index contributed by atoms with van der Waals surface area (Å²) in [6.45, 7) is 0. The fourth-order valence-corrected chi connectivity index (χ4v) is 3.70. The first-order valence-corrected chi connectivity index (χ1v) is 9.49. The number of rotatable bonds is 4. The largest absolute Gasteiger partial charge is 0.455 e. The van der Waals surface area contributed by atoms with Crippen LogP contribution in [0.25, 0.3) is 11.0 Å². The number of hydrogen-bond donors (Lipinski definition) is 2. The van der Waals surface area contributed by atoms with E-state index in [-0.39, 0.29) is 18.0 Å². The third kappa shape index (κ3) is 3.11. The number of aryl methyl sites for hydroxylation is 1. The number of hydrogen-bond acceptors (Lipinski definition) is 5. The number of fused-ring (bicyclic) bond motifs is 2. The maximum atomic E-state index is 13.9. The van der Waals surface area contributed by atoms with E-state index in [0.717, 1.165) is 16.7 Å². The van der Waals surface area contributed by atoms with Gasteiger partial charge in [-0.3, -0.25) is 4.79 Å². The Bertz CT molecular complexity index is 1320. The fraction of sp³-hybridized carbons (Fsp3) is 0.0952. The third-order valence-corrected chi connectivity index (χ3v) is 5.19. The fourth-order valence-electron chi connectivity index (χ4n) is 3.48. The van der Waals surface area contributed by atoms with Gasteiger partial charge in [0.15, 0.2) is 5.82 Å². The Hall–Kier alpha value is -3.65. The highest BCUT2D eigenvalue weighted by atomic mass is 35.5. The van der Waals surface area contributed by atoms with Crippen LogP contribution in [0.4, 0.5) is 21.6 Å². The van der Waals surface area contributed by atoms with Crippen LogP contribution in [0.15, 0.2) is 48.9 Å². The molecule has 0 saturated heterocycles. The number of carbonyl (C=O) groups is 1. The monoisotopic (exact) mass is 423 g/mol. The van der Waals surface area contributed by atoms with E-state index in [0.29, 0.717) is 27.9 Å². The lowest BCUT2D eigenvalue weighted by Gasteiger charge is -2.13. The Morgan fingerprint density at radius 3 is 2.87 bits per heavy atom. The van der Waals surface area contributed by atoms with Gasteiger partial charge in [-0.15, -0.1) is 0 Å². The van der Waals surface area contributed by atoms with E-state index >= 15 is 0 Å². The molecule has 4 aromatic rings. The number of aromatic nitrogens is 3. The number of nitrogens with one attached hydrogen (secondary N) is 2. The summed E-state index contributed by atoms with van der Waals surface area (Å²) in [6.07, 6.45) is 3.46. The van der Waals surface area contributed by atoms with E-state index in [4.69, 9.17) is 16.3 Å². The molecule has 2 N–H and O–H groups in total. The predicted molar refractivity (Wildman–Crippen MR) is 112 cm³/mol. The van der Waals surface area contributed by atoms with E-state index < -0.39 is 5.82 Å².